The van der Waals surface area contributed by atoms with E-state index in [0.29, 0.717) is 12.1 Å². The molecule has 1 amide bonds. The van der Waals surface area contributed by atoms with Crippen LogP contribution in [-0.4, -0.2) is 57.9 Å². The van der Waals surface area contributed by atoms with Crippen molar-refractivity contribution in [3.8, 4) is 0 Å². The molecule has 3 rings (SSSR count). The molecule has 1 unspecified atom stereocenters. The van der Waals surface area contributed by atoms with E-state index < -0.39 is 10.0 Å². The van der Waals surface area contributed by atoms with Crippen molar-refractivity contribution < 1.29 is 13.2 Å². The molecular weight excluding hydrogens is 386 g/mol. The highest BCUT2D eigenvalue weighted by Crippen LogP contribution is 2.26. The Bertz CT molecular complexity index is 925. The lowest BCUT2D eigenvalue weighted by Gasteiger charge is -2.32. The fourth-order valence-corrected chi connectivity index (χ4v) is 4.57. The van der Waals surface area contributed by atoms with Crippen LogP contribution in [-0.2, 0) is 21.2 Å². The number of hydrogen-bond acceptors (Lipinski definition) is 4. The average Bonchev–Trinajstić information content (AvgIpc) is 3.27. The van der Waals surface area contributed by atoms with Crippen LogP contribution in [0.5, 0.6) is 0 Å². The first-order chi connectivity index (χ1) is 13.9. The van der Waals surface area contributed by atoms with Gasteiger partial charge in [0.1, 0.15) is 0 Å². The zero-order chi connectivity index (χ0) is 20.9. The predicted octanol–water partition coefficient (Wildman–Crippen LogP) is 2.43. The summed E-state index contributed by atoms with van der Waals surface area (Å²) in [5.74, 6) is -0.0240. The molecule has 0 spiro atoms. The molecule has 0 radical (unpaired) electrons. The topological polar surface area (TPSA) is 69.7 Å². The van der Waals surface area contributed by atoms with Gasteiger partial charge < -0.3 is 4.90 Å². The SMILES string of the molecule is CNS(=O)(=O)c1cccc(CC(=O)N(C)CC(c2ccccc2)N2CCCC2)c1. The van der Waals surface area contributed by atoms with E-state index in [2.05, 4.69) is 21.8 Å². The zero-order valence-corrected chi connectivity index (χ0v) is 17.9. The number of benzene rings is 2. The van der Waals surface area contributed by atoms with Crippen molar-refractivity contribution in [2.45, 2.75) is 30.2 Å². The number of hydrogen-bond donors (Lipinski definition) is 1. The lowest BCUT2D eigenvalue weighted by Crippen LogP contribution is -2.38. The number of carbonyl (C=O) groups is 1. The van der Waals surface area contributed by atoms with Crippen LogP contribution < -0.4 is 4.72 Å². The van der Waals surface area contributed by atoms with Gasteiger partial charge in [-0.25, -0.2) is 13.1 Å². The van der Waals surface area contributed by atoms with Crippen molar-refractivity contribution in [1.29, 1.82) is 0 Å². The summed E-state index contributed by atoms with van der Waals surface area (Å²) in [6.45, 7) is 2.70. The van der Waals surface area contributed by atoms with Crippen LogP contribution in [0, 0.1) is 0 Å². The Morgan fingerprint density at radius 2 is 1.79 bits per heavy atom. The van der Waals surface area contributed by atoms with Gasteiger partial charge in [0, 0.05) is 13.6 Å². The number of carbonyl (C=O) groups excluding carboxylic acids is 1. The third-order valence-corrected chi connectivity index (χ3v) is 6.88. The van der Waals surface area contributed by atoms with Gasteiger partial charge in [-0.05, 0) is 56.2 Å². The Morgan fingerprint density at radius 1 is 1.10 bits per heavy atom. The van der Waals surface area contributed by atoms with E-state index in [9.17, 15) is 13.2 Å². The molecule has 1 saturated heterocycles. The summed E-state index contributed by atoms with van der Waals surface area (Å²) in [7, 11) is -0.324. The quantitative estimate of drug-likeness (QED) is 0.719. The molecule has 0 bridgehead atoms. The van der Waals surface area contributed by atoms with Gasteiger partial charge in [-0.3, -0.25) is 9.69 Å². The Balaban J connectivity index is 1.71. The summed E-state index contributed by atoms with van der Waals surface area (Å²) in [5, 5.41) is 0. The minimum Gasteiger partial charge on any atom is -0.344 e. The van der Waals surface area contributed by atoms with Crippen molar-refractivity contribution >= 4 is 15.9 Å². The second-order valence-corrected chi connectivity index (χ2v) is 9.36. The third kappa shape index (κ3) is 5.44. The van der Waals surface area contributed by atoms with E-state index in [1.807, 2.05) is 25.2 Å². The van der Waals surface area contributed by atoms with Gasteiger partial charge in [-0.1, -0.05) is 42.5 Å². The van der Waals surface area contributed by atoms with E-state index in [1.54, 1.807) is 23.1 Å². The van der Waals surface area contributed by atoms with E-state index >= 15 is 0 Å². The van der Waals surface area contributed by atoms with Crippen molar-refractivity contribution in [1.82, 2.24) is 14.5 Å². The average molecular weight is 416 g/mol. The summed E-state index contributed by atoms with van der Waals surface area (Å²) in [5.41, 5.74) is 1.91. The minimum absolute atomic E-state index is 0.0240. The fourth-order valence-electron chi connectivity index (χ4n) is 3.77. The monoisotopic (exact) mass is 415 g/mol. The molecule has 0 aliphatic carbocycles. The smallest absolute Gasteiger partial charge is 0.240 e. The molecule has 1 aliphatic rings. The Kier molecular flexibility index (Phi) is 7.05. The maximum Gasteiger partial charge on any atom is 0.240 e. The first kappa shape index (κ1) is 21.5. The van der Waals surface area contributed by atoms with E-state index in [4.69, 9.17) is 0 Å². The van der Waals surface area contributed by atoms with Crippen LogP contribution in [0.3, 0.4) is 0 Å². The van der Waals surface area contributed by atoms with Crippen LogP contribution in [0.1, 0.15) is 30.0 Å². The van der Waals surface area contributed by atoms with Crippen molar-refractivity contribution in [2.24, 2.45) is 0 Å². The number of likely N-dealkylation sites (N-methyl/N-ethyl adjacent to an activating group) is 1. The highest BCUT2D eigenvalue weighted by molar-refractivity contribution is 7.89. The standard InChI is InChI=1S/C22H29N3O3S/c1-23-29(27,28)20-12-8-9-18(15-20)16-22(26)24(2)17-21(25-13-6-7-14-25)19-10-4-3-5-11-19/h3-5,8-12,15,21,23H,6-7,13-14,16-17H2,1-2H3. The van der Waals surface area contributed by atoms with Gasteiger partial charge in [-0.15, -0.1) is 0 Å². The molecule has 6 nitrogen and oxygen atoms in total. The molecule has 0 aromatic heterocycles. The predicted molar refractivity (Wildman–Crippen MR) is 114 cm³/mol. The molecule has 2 aromatic rings. The number of nitrogens with one attached hydrogen (secondary N) is 1. The molecule has 29 heavy (non-hydrogen) atoms. The zero-order valence-electron chi connectivity index (χ0n) is 17.0. The molecule has 1 aliphatic heterocycles. The van der Waals surface area contributed by atoms with Gasteiger partial charge in [-0.2, -0.15) is 0 Å². The molecule has 156 valence electrons. The lowest BCUT2D eigenvalue weighted by molar-refractivity contribution is -0.129. The first-order valence-electron chi connectivity index (χ1n) is 9.96. The van der Waals surface area contributed by atoms with Gasteiger partial charge in [0.05, 0.1) is 17.4 Å². The van der Waals surface area contributed by atoms with Gasteiger partial charge in [0.2, 0.25) is 15.9 Å². The molecule has 1 N–H and O–H groups in total. The Morgan fingerprint density at radius 3 is 2.45 bits per heavy atom. The summed E-state index contributed by atoms with van der Waals surface area (Å²) in [6, 6.07) is 17.0. The molecule has 0 saturated carbocycles. The van der Waals surface area contributed by atoms with Crippen LogP contribution in [0.15, 0.2) is 59.5 Å². The Hall–Kier alpha value is -2.22. The van der Waals surface area contributed by atoms with E-state index in [0.717, 1.165) is 13.1 Å². The number of rotatable bonds is 8. The maximum absolute atomic E-state index is 12.9. The van der Waals surface area contributed by atoms with E-state index in [-0.39, 0.29) is 23.3 Å². The van der Waals surface area contributed by atoms with Crippen LogP contribution in [0.2, 0.25) is 0 Å². The molecule has 1 atom stereocenters. The summed E-state index contributed by atoms with van der Waals surface area (Å²) in [6.07, 6.45) is 2.55. The molecule has 7 heteroatoms. The summed E-state index contributed by atoms with van der Waals surface area (Å²) in [4.78, 5) is 17.2. The number of sulfonamides is 1. The van der Waals surface area contributed by atoms with Crippen molar-refractivity contribution in [3.63, 3.8) is 0 Å². The summed E-state index contributed by atoms with van der Waals surface area (Å²) < 4.78 is 26.3. The second-order valence-electron chi connectivity index (χ2n) is 7.48. The van der Waals surface area contributed by atoms with Gasteiger partial charge in [0.15, 0.2) is 0 Å². The maximum atomic E-state index is 12.9. The van der Waals surface area contributed by atoms with Crippen molar-refractivity contribution in [3.05, 3.63) is 65.7 Å². The number of nitrogens with zero attached hydrogens (tertiary/aromatic N) is 2. The second kappa shape index (κ2) is 9.52. The first-order valence-corrected chi connectivity index (χ1v) is 11.4. The highest BCUT2D eigenvalue weighted by Gasteiger charge is 2.26. The van der Waals surface area contributed by atoms with E-state index in [1.165, 1.54) is 31.5 Å². The van der Waals surface area contributed by atoms with Gasteiger partial charge >= 0.3 is 0 Å². The lowest BCUT2D eigenvalue weighted by atomic mass is 10.0. The number of likely N-dealkylation sites (tertiary alicyclic amines) is 1. The molecule has 1 heterocycles. The largest absolute Gasteiger partial charge is 0.344 e. The summed E-state index contributed by atoms with van der Waals surface area (Å²) >= 11 is 0. The minimum atomic E-state index is -3.52. The third-order valence-electron chi connectivity index (χ3n) is 5.47. The molecular formula is C22H29N3O3S. The van der Waals surface area contributed by atoms with Crippen LogP contribution in [0.25, 0.3) is 0 Å². The van der Waals surface area contributed by atoms with Crippen molar-refractivity contribution in [2.75, 3.05) is 33.7 Å². The highest BCUT2D eigenvalue weighted by atomic mass is 32.2. The fraction of sp³-hybridized carbons (Fsp3) is 0.409. The number of amides is 1. The Labute approximate surface area is 173 Å². The van der Waals surface area contributed by atoms with Crippen LogP contribution >= 0.6 is 0 Å². The molecule has 1 fully saturated rings. The molecule has 2 aromatic carbocycles. The van der Waals surface area contributed by atoms with Crippen LogP contribution in [0.4, 0.5) is 0 Å². The van der Waals surface area contributed by atoms with Gasteiger partial charge in [0.25, 0.3) is 0 Å². The normalized spacial score (nSPS) is 15.9.